The molecule has 0 fully saturated rings. The second-order valence-electron chi connectivity index (χ2n) is 5.32. The number of amides is 1. The van der Waals surface area contributed by atoms with Gasteiger partial charge in [-0.2, -0.15) is 0 Å². The molecule has 22 heavy (non-hydrogen) atoms. The molecule has 2 atom stereocenters. The highest BCUT2D eigenvalue weighted by molar-refractivity contribution is 7.86. The molecule has 120 valence electrons. The second-order valence-corrected chi connectivity index (χ2v) is 6.98. The Morgan fingerprint density at radius 3 is 2.55 bits per heavy atom. The van der Waals surface area contributed by atoms with Crippen molar-refractivity contribution in [1.82, 2.24) is 19.9 Å². The Hall–Kier alpha value is -2.03. The average Bonchev–Trinajstić information content (AvgIpc) is 3.03. The lowest BCUT2D eigenvalue weighted by atomic mass is 10.2. The van der Waals surface area contributed by atoms with Crippen LogP contribution in [0.2, 0.25) is 0 Å². The van der Waals surface area contributed by atoms with Crippen molar-refractivity contribution in [3.8, 4) is 0 Å². The van der Waals surface area contributed by atoms with E-state index >= 15 is 0 Å². The van der Waals surface area contributed by atoms with Crippen LogP contribution in [-0.2, 0) is 22.6 Å². The molecule has 0 unspecified atom stereocenters. The van der Waals surface area contributed by atoms with E-state index in [4.69, 9.17) is 4.52 Å². The molecule has 0 saturated carbocycles. The largest absolute Gasteiger partial charge is 0.338 e. The fourth-order valence-corrected chi connectivity index (χ4v) is 2.96. The van der Waals surface area contributed by atoms with E-state index in [2.05, 4.69) is 20.7 Å². The van der Waals surface area contributed by atoms with Gasteiger partial charge in [-0.15, -0.1) is 10.2 Å². The predicted octanol–water partition coefficient (Wildman–Crippen LogP) is 1.37. The first kappa shape index (κ1) is 16.3. The minimum absolute atomic E-state index is 0.157. The summed E-state index contributed by atoms with van der Waals surface area (Å²) in [6.07, 6.45) is 0. The molecule has 0 aliphatic rings. The van der Waals surface area contributed by atoms with Crippen molar-refractivity contribution in [2.75, 3.05) is 5.32 Å². The maximum absolute atomic E-state index is 12.5. The highest BCUT2D eigenvalue weighted by Crippen LogP contribution is 2.17. The Morgan fingerprint density at radius 2 is 2.05 bits per heavy atom. The SMILES string of the molecule is Cc1cc(NC(=O)[C@H](C)[S@@](=O)c2nnc(C(C)C)n2C)on1. The molecule has 9 heteroatoms. The van der Waals surface area contributed by atoms with Crippen LogP contribution in [0.3, 0.4) is 0 Å². The molecule has 0 aliphatic carbocycles. The van der Waals surface area contributed by atoms with Crippen molar-refractivity contribution >= 4 is 22.6 Å². The molecule has 8 nitrogen and oxygen atoms in total. The molecule has 0 saturated heterocycles. The number of nitrogens with zero attached hydrogens (tertiary/aromatic N) is 4. The summed E-state index contributed by atoms with van der Waals surface area (Å²) >= 11 is 0. The lowest BCUT2D eigenvalue weighted by Crippen LogP contribution is -2.30. The van der Waals surface area contributed by atoms with Gasteiger partial charge in [0.1, 0.15) is 21.9 Å². The molecule has 0 aromatic carbocycles. The van der Waals surface area contributed by atoms with Gasteiger partial charge in [-0.3, -0.25) is 14.3 Å². The number of aromatic nitrogens is 4. The smallest absolute Gasteiger partial charge is 0.242 e. The number of hydrogen-bond donors (Lipinski definition) is 1. The summed E-state index contributed by atoms with van der Waals surface area (Å²) in [5.74, 6) is 0.683. The molecule has 1 N–H and O–H groups in total. The lowest BCUT2D eigenvalue weighted by molar-refractivity contribution is -0.115. The third kappa shape index (κ3) is 3.24. The minimum Gasteiger partial charge on any atom is -0.338 e. The van der Waals surface area contributed by atoms with E-state index in [1.165, 1.54) is 0 Å². The Morgan fingerprint density at radius 1 is 1.36 bits per heavy atom. The number of carbonyl (C=O) groups is 1. The first-order chi connectivity index (χ1) is 10.3. The molecule has 0 aliphatic heterocycles. The summed E-state index contributed by atoms with van der Waals surface area (Å²) < 4.78 is 19.1. The highest BCUT2D eigenvalue weighted by atomic mass is 32.2. The van der Waals surface area contributed by atoms with Crippen molar-refractivity contribution in [3.63, 3.8) is 0 Å². The Kier molecular flexibility index (Phi) is 4.74. The normalized spacial score (nSPS) is 14.1. The van der Waals surface area contributed by atoms with Crippen LogP contribution in [0.4, 0.5) is 5.88 Å². The fraction of sp³-hybridized carbons (Fsp3) is 0.538. The lowest BCUT2D eigenvalue weighted by Gasteiger charge is -2.10. The van der Waals surface area contributed by atoms with E-state index in [0.29, 0.717) is 5.69 Å². The topological polar surface area (TPSA) is 103 Å². The van der Waals surface area contributed by atoms with Gasteiger partial charge in [0, 0.05) is 19.0 Å². The zero-order valence-corrected chi connectivity index (χ0v) is 14.0. The number of rotatable bonds is 5. The molecule has 0 bridgehead atoms. The van der Waals surface area contributed by atoms with E-state index in [-0.39, 0.29) is 17.0 Å². The predicted molar refractivity (Wildman–Crippen MR) is 80.8 cm³/mol. The first-order valence-electron chi connectivity index (χ1n) is 6.85. The van der Waals surface area contributed by atoms with Gasteiger partial charge in [0.25, 0.3) is 0 Å². The van der Waals surface area contributed by atoms with Gasteiger partial charge >= 0.3 is 0 Å². The van der Waals surface area contributed by atoms with Crippen molar-refractivity contribution in [3.05, 3.63) is 17.6 Å². The summed E-state index contributed by atoms with van der Waals surface area (Å²) in [5.41, 5.74) is 0.652. The first-order valence-corrected chi connectivity index (χ1v) is 8.06. The van der Waals surface area contributed by atoms with Crippen molar-refractivity contribution in [2.45, 2.75) is 44.0 Å². The van der Waals surface area contributed by atoms with Gasteiger partial charge in [-0.05, 0) is 13.8 Å². The Balaban J connectivity index is 2.13. The monoisotopic (exact) mass is 325 g/mol. The van der Waals surface area contributed by atoms with Crippen LogP contribution >= 0.6 is 0 Å². The van der Waals surface area contributed by atoms with E-state index in [1.807, 2.05) is 13.8 Å². The average molecular weight is 325 g/mol. The summed E-state index contributed by atoms with van der Waals surface area (Å²) in [6.45, 7) is 7.25. The van der Waals surface area contributed by atoms with E-state index in [1.54, 1.807) is 31.5 Å². The van der Waals surface area contributed by atoms with Crippen molar-refractivity contribution in [1.29, 1.82) is 0 Å². The molecule has 2 aromatic rings. The zero-order valence-electron chi connectivity index (χ0n) is 13.2. The van der Waals surface area contributed by atoms with Crippen LogP contribution < -0.4 is 5.32 Å². The van der Waals surface area contributed by atoms with Crippen LogP contribution in [-0.4, -0.2) is 35.3 Å². The third-order valence-corrected chi connectivity index (χ3v) is 4.70. The summed E-state index contributed by atoms with van der Waals surface area (Å²) in [6, 6.07) is 1.59. The van der Waals surface area contributed by atoms with Crippen LogP contribution in [0.5, 0.6) is 0 Å². The van der Waals surface area contributed by atoms with E-state index in [9.17, 15) is 9.00 Å². The van der Waals surface area contributed by atoms with Gasteiger partial charge in [0.05, 0.1) is 5.69 Å². The van der Waals surface area contributed by atoms with Gasteiger partial charge < -0.3 is 9.09 Å². The second kappa shape index (κ2) is 6.39. The molecule has 2 aromatic heterocycles. The number of anilines is 1. The van der Waals surface area contributed by atoms with Crippen LogP contribution in [0, 0.1) is 6.92 Å². The van der Waals surface area contributed by atoms with Crippen LogP contribution in [0.25, 0.3) is 0 Å². The van der Waals surface area contributed by atoms with Crippen LogP contribution in [0.1, 0.15) is 38.2 Å². The summed E-state index contributed by atoms with van der Waals surface area (Å²) in [7, 11) is 0.126. The highest BCUT2D eigenvalue weighted by Gasteiger charge is 2.27. The van der Waals surface area contributed by atoms with Gasteiger partial charge in [-0.25, -0.2) is 0 Å². The molecule has 1 amide bonds. The fourth-order valence-electron chi connectivity index (χ4n) is 1.91. The maximum Gasteiger partial charge on any atom is 0.242 e. The molecule has 2 heterocycles. The van der Waals surface area contributed by atoms with Crippen molar-refractivity contribution < 1.29 is 13.5 Å². The molecule has 0 spiro atoms. The van der Waals surface area contributed by atoms with Gasteiger partial charge in [0.15, 0.2) is 0 Å². The number of carbonyl (C=O) groups excluding carboxylic acids is 1. The number of nitrogens with one attached hydrogen (secondary N) is 1. The minimum atomic E-state index is -1.62. The summed E-state index contributed by atoms with van der Waals surface area (Å²) in [4.78, 5) is 12.1. The molecular weight excluding hydrogens is 306 g/mol. The Bertz CT molecular complexity index is 706. The number of hydrogen-bond acceptors (Lipinski definition) is 6. The molecule has 2 rings (SSSR count). The molecule has 0 radical (unpaired) electrons. The van der Waals surface area contributed by atoms with E-state index < -0.39 is 22.0 Å². The zero-order chi connectivity index (χ0) is 16.4. The van der Waals surface area contributed by atoms with E-state index in [0.717, 1.165) is 5.82 Å². The van der Waals surface area contributed by atoms with Gasteiger partial charge in [0.2, 0.25) is 16.9 Å². The summed E-state index contributed by atoms with van der Waals surface area (Å²) in [5, 5.41) is 13.7. The Labute approximate surface area is 130 Å². The molecular formula is C13H19N5O3S. The van der Waals surface area contributed by atoms with Gasteiger partial charge in [-0.1, -0.05) is 19.0 Å². The van der Waals surface area contributed by atoms with Crippen LogP contribution in [0.15, 0.2) is 15.7 Å². The van der Waals surface area contributed by atoms with Crippen molar-refractivity contribution in [2.24, 2.45) is 7.05 Å². The third-order valence-electron chi connectivity index (χ3n) is 3.13. The maximum atomic E-state index is 12.5. The standard InChI is InChI=1S/C13H19N5O3S/c1-7(2)11-15-16-13(18(11)5)22(20)9(4)12(19)14-10-6-8(3)17-21-10/h6-7,9H,1-5H3,(H,14,19)/t9-,22+/m0/s1. The quantitative estimate of drug-likeness (QED) is 0.890. The number of aryl methyl sites for hydroxylation is 1.